The van der Waals surface area contributed by atoms with Crippen LogP contribution < -0.4 is 5.32 Å². The number of aromatic nitrogens is 2. The molecule has 2 rings (SSSR count). The number of nitrogens with zero attached hydrogens (tertiary/aromatic N) is 2. The number of ketones is 1. The highest BCUT2D eigenvalue weighted by atomic mass is 16.1. The molecule has 106 valence electrons. The van der Waals surface area contributed by atoms with Gasteiger partial charge in [0.15, 0.2) is 0 Å². The fourth-order valence-electron chi connectivity index (χ4n) is 3.18. The Morgan fingerprint density at radius 3 is 2.89 bits per heavy atom. The number of aryl methyl sites for hydroxylation is 2. The van der Waals surface area contributed by atoms with Crippen LogP contribution in [0.3, 0.4) is 0 Å². The molecule has 1 fully saturated rings. The Morgan fingerprint density at radius 2 is 2.32 bits per heavy atom. The van der Waals surface area contributed by atoms with Gasteiger partial charge < -0.3 is 5.32 Å². The molecular weight excluding hydrogens is 238 g/mol. The molecule has 1 aliphatic heterocycles. The molecule has 0 amide bonds. The number of Topliss-reactive ketones (excluding diaryl/α,β-unsaturated/α-hetero) is 1. The zero-order chi connectivity index (χ0) is 13.9. The van der Waals surface area contributed by atoms with Crippen molar-refractivity contribution in [2.45, 2.75) is 53.0 Å². The molecule has 1 atom stereocenters. The van der Waals surface area contributed by atoms with Gasteiger partial charge in [0.1, 0.15) is 5.78 Å². The SMILES string of the molecule is CCCC1(C(=O)Cc2cc(C)nn2CC)CCNC1. The van der Waals surface area contributed by atoms with Crippen molar-refractivity contribution in [1.82, 2.24) is 15.1 Å². The largest absolute Gasteiger partial charge is 0.316 e. The Bertz CT molecular complexity index is 444. The van der Waals surface area contributed by atoms with E-state index in [2.05, 4.69) is 24.3 Å². The predicted octanol–water partition coefficient (Wildman–Crippen LogP) is 2.10. The summed E-state index contributed by atoms with van der Waals surface area (Å²) in [7, 11) is 0. The minimum absolute atomic E-state index is 0.133. The lowest BCUT2D eigenvalue weighted by Gasteiger charge is -2.26. The fraction of sp³-hybridized carbons (Fsp3) is 0.733. The first-order chi connectivity index (χ1) is 9.11. The normalized spacial score (nSPS) is 22.9. The maximum atomic E-state index is 12.7. The van der Waals surface area contributed by atoms with Crippen LogP contribution in [-0.2, 0) is 17.8 Å². The number of rotatable bonds is 6. The minimum atomic E-state index is -0.133. The van der Waals surface area contributed by atoms with Gasteiger partial charge in [-0.2, -0.15) is 5.10 Å². The summed E-state index contributed by atoms with van der Waals surface area (Å²) in [6.07, 6.45) is 3.58. The number of carbonyl (C=O) groups is 1. The summed E-state index contributed by atoms with van der Waals surface area (Å²) in [5, 5.41) is 7.78. The Morgan fingerprint density at radius 1 is 1.53 bits per heavy atom. The van der Waals surface area contributed by atoms with Crippen LogP contribution in [0.1, 0.15) is 44.5 Å². The first-order valence-electron chi connectivity index (χ1n) is 7.38. The smallest absolute Gasteiger partial charge is 0.146 e. The van der Waals surface area contributed by atoms with Crippen molar-refractivity contribution in [3.8, 4) is 0 Å². The Labute approximate surface area is 115 Å². The van der Waals surface area contributed by atoms with Gasteiger partial charge in [0, 0.05) is 30.6 Å². The number of carbonyl (C=O) groups excluding carboxylic acids is 1. The van der Waals surface area contributed by atoms with Crippen molar-refractivity contribution in [1.29, 1.82) is 0 Å². The van der Waals surface area contributed by atoms with E-state index < -0.39 is 0 Å². The first kappa shape index (κ1) is 14.3. The van der Waals surface area contributed by atoms with Crippen molar-refractivity contribution in [2.24, 2.45) is 5.41 Å². The van der Waals surface area contributed by atoms with E-state index in [4.69, 9.17) is 0 Å². The zero-order valence-electron chi connectivity index (χ0n) is 12.3. The van der Waals surface area contributed by atoms with Crippen molar-refractivity contribution < 1.29 is 4.79 Å². The van der Waals surface area contributed by atoms with E-state index in [1.165, 1.54) is 0 Å². The van der Waals surface area contributed by atoms with Gasteiger partial charge in [-0.1, -0.05) is 13.3 Å². The second-order valence-electron chi connectivity index (χ2n) is 5.65. The molecule has 1 aromatic rings. The molecule has 0 radical (unpaired) electrons. The molecule has 1 saturated heterocycles. The van der Waals surface area contributed by atoms with Gasteiger partial charge in [0.05, 0.1) is 5.69 Å². The van der Waals surface area contributed by atoms with Crippen LogP contribution in [0, 0.1) is 12.3 Å². The third-order valence-electron chi connectivity index (χ3n) is 4.19. The van der Waals surface area contributed by atoms with Gasteiger partial charge in [0.25, 0.3) is 0 Å². The van der Waals surface area contributed by atoms with E-state index in [0.717, 1.165) is 50.3 Å². The van der Waals surface area contributed by atoms with E-state index in [1.54, 1.807) is 0 Å². The molecule has 1 aromatic heterocycles. The van der Waals surface area contributed by atoms with Gasteiger partial charge >= 0.3 is 0 Å². The second kappa shape index (κ2) is 5.87. The first-order valence-corrected chi connectivity index (χ1v) is 7.38. The summed E-state index contributed by atoms with van der Waals surface area (Å²) in [4.78, 5) is 12.7. The molecule has 0 bridgehead atoms. The molecule has 0 saturated carbocycles. The van der Waals surface area contributed by atoms with Gasteiger partial charge in [-0.15, -0.1) is 0 Å². The van der Waals surface area contributed by atoms with E-state index in [9.17, 15) is 4.79 Å². The summed E-state index contributed by atoms with van der Waals surface area (Å²) >= 11 is 0. The third-order valence-corrected chi connectivity index (χ3v) is 4.19. The summed E-state index contributed by atoms with van der Waals surface area (Å²) in [5.41, 5.74) is 1.93. The van der Waals surface area contributed by atoms with E-state index in [1.807, 2.05) is 17.7 Å². The van der Waals surface area contributed by atoms with Crippen LogP contribution in [0.4, 0.5) is 0 Å². The van der Waals surface area contributed by atoms with Crippen molar-refractivity contribution >= 4 is 5.78 Å². The van der Waals surface area contributed by atoms with Crippen LogP contribution in [-0.4, -0.2) is 28.7 Å². The van der Waals surface area contributed by atoms with Crippen LogP contribution in [0.15, 0.2) is 6.07 Å². The lowest BCUT2D eigenvalue weighted by atomic mass is 9.77. The molecule has 1 unspecified atom stereocenters. The average molecular weight is 263 g/mol. The lowest BCUT2D eigenvalue weighted by Crippen LogP contribution is -2.35. The molecule has 19 heavy (non-hydrogen) atoms. The highest BCUT2D eigenvalue weighted by Gasteiger charge is 2.39. The predicted molar refractivity (Wildman–Crippen MR) is 76.2 cm³/mol. The van der Waals surface area contributed by atoms with Crippen LogP contribution in [0.25, 0.3) is 0 Å². The van der Waals surface area contributed by atoms with Crippen molar-refractivity contribution in [2.75, 3.05) is 13.1 Å². The Kier molecular flexibility index (Phi) is 4.40. The number of nitrogens with one attached hydrogen (secondary N) is 1. The lowest BCUT2D eigenvalue weighted by molar-refractivity contribution is -0.127. The summed E-state index contributed by atoms with van der Waals surface area (Å²) in [5.74, 6) is 0.383. The average Bonchev–Trinajstić information content (AvgIpc) is 2.97. The highest BCUT2D eigenvalue weighted by Crippen LogP contribution is 2.33. The number of hydrogen-bond donors (Lipinski definition) is 1. The van der Waals surface area contributed by atoms with Crippen molar-refractivity contribution in [3.63, 3.8) is 0 Å². The standard InChI is InChI=1S/C15H25N3O/c1-4-6-15(7-8-16-11-15)14(19)10-13-9-12(3)17-18(13)5-2/h9,16H,4-8,10-11H2,1-3H3. The highest BCUT2D eigenvalue weighted by molar-refractivity contribution is 5.87. The molecule has 0 aliphatic carbocycles. The van der Waals surface area contributed by atoms with Crippen LogP contribution >= 0.6 is 0 Å². The fourth-order valence-corrected chi connectivity index (χ4v) is 3.18. The van der Waals surface area contributed by atoms with Gasteiger partial charge in [-0.05, 0) is 39.3 Å². The van der Waals surface area contributed by atoms with Gasteiger partial charge in [-0.25, -0.2) is 0 Å². The Balaban J connectivity index is 2.14. The maximum Gasteiger partial charge on any atom is 0.146 e. The molecule has 0 spiro atoms. The zero-order valence-corrected chi connectivity index (χ0v) is 12.3. The quantitative estimate of drug-likeness (QED) is 0.855. The molecule has 4 heteroatoms. The molecule has 1 N–H and O–H groups in total. The molecule has 1 aliphatic rings. The van der Waals surface area contributed by atoms with Gasteiger partial charge in [0.2, 0.25) is 0 Å². The topological polar surface area (TPSA) is 46.9 Å². The molecule has 0 aromatic carbocycles. The van der Waals surface area contributed by atoms with Gasteiger partial charge in [-0.3, -0.25) is 9.48 Å². The van der Waals surface area contributed by atoms with Crippen molar-refractivity contribution in [3.05, 3.63) is 17.5 Å². The third kappa shape index (κ3) is 2.89. The monoisotopic (exact) mass is 263 g/mol. The molecule has 4 nitrogen and oxygen atoms in total. The second-order valence-corrected chi connectivity index (χ2v) is 5.65. The van der Waals surface area contributed by atoms with Crippen LogP contribution in [0.2, 0.25) is 0 Å². The summed E-state index contributed by atoms with van der Waals surface area (Å²) < 4.78 is 1.95. The Hall–Kier alpha value is -1.16. The molecular formula is C15H25N3O. The van der Waals surface area contributed by atoms with E-state index in [0.29, 0.717) is 12.2 Å². The maximum absolute atomic E-state index is 12.7. The summed E-state index contributed by atoms with van der Waals surface area (Å²) in [6, 6.07) is 2.05. The number of hydrogen-bond acceptors (Lipinski definition) is 3. The van der Waals surface area contributed by atoms with Crippen LogP contribution in [0.5, 0.6) is 0 Å². The van der Waals surface area contributed by atoms with E-state index >= 15 is 0 Å². The summed E-state index contributed by atoms with van der Waals surface area (Å²) in [6.45, 7) is 8.86. The molecule has 2 heterocycles. The minimum Gasteiger partial charge on any atom is -0.316 e. The van der Waals surface area contributed by atoms with E-state index in [-0.39, 0.29) is 5.41 Å².